The molecule has 1 unspecified atom stereocenters. The molecule has 0 fully saturated rings. The van der Waals surface area contributed by atoms with E-state index < -0.39 is 6.10 Å². The average Bonchev–Trinajstić information content (AvgIpc) is 1.87. The fourth-order valence-electron chi connectivity index (χ4n) is 0.358. The van der Waals surface area contributed by atoms with Crippen molar-refractivity contribution in [3.8, 4) is 0 Å². The quantitative estimate of drug-likeness (QED) is 0.610. The van der Waals surface area contributed by atoms with Crippen molar-refractivity contribution in [1.29, 1.82) is 0 Å². The highest BCUT2D eigenvalue weighted by molar-refractivity contribution is 6.29. The molecule has 3 nitrogen and oxygen atoms in total. The summed E-state index contributed by atoms with van der Waals surface area (Å²) < 4.78 is 4.81. The fourth-order valence-corrected chi connectivity index (χ4v) is 0.436. The molecule has 4 heteroatoms. The molecule has 0 saturated heterocycles. The molecule has 10 heavy (non-hydrogen) atoms. The van der Waals surface area contributed by atoms with Gasteiger partial charge in [-0.05, 0) is 0 Å². The summed E-state index contributed by atoms with van der Waals surface area (Å²) >= 11 is 5.34. The smallest absolute Gasteiger partial charge is 0.100 e. The van der Waals surface area contributed by atoms with Crippen molar-refractivity contribution in [3.63, 3.8) is 0 Å². The second kappa shape index (κ2) is 5.68. The molecule has 0 radical (unpaired) electrons. The minimum atomic E-state index is -0.823. The van der Waals surface area contributed by atoms with E-state index in [0.717, 1.165) is 0 Å². The first kappa shape index (κ1) is 9.91. The Kier molecular flexibility index (Phi) is 5.63. The lowest BCUT2D eigenvalue weighted by Gasteiger charge is -2.06. The van der Waals surface area contributed by atoms with E-state index in [0.29, 0.717) is 5.03 Å². The van der Waals surface area contributed by atoms with Gasteiger partial charge in [0.15, 0.2) is 0 Å². The van der Waals surface area contributed by atoms with Gasteiger partial charge in [0.2, 0.25) is 0 Å². The summed E-state index contributed by atoms with van der Waals surface area (Å²) in [5.41, 5.74) is 0. The van der Waals surface area contributed by atoms with Crippen molar-refractivity contribution in [2.24, 2.45) is 0 Å². The zero-order chi connectivity index (χ0) is 7.98. The van der Waals surface area contributed by atoms with Gasteiger partial charge in [-0.2, -0.15) is 0 Å². The van der Waals surface area contributed by atoms with Crippen LogP contribution in [0, 0.1) is 0 Å². The number of hydrogen-bond donors (Lipinski definition) is 2. The van der Waals surface area contributed by atoms with Crippen molar-refractivity contribution in [2.75, 3.05) is 19.8 Å². The molecule has 0 amide bonds. The molecular weight excluding hydrogens is 156 g/mol. The van der Waals surface area contributed by atoms with Gasteiger partial charge in [-0.25, -0.2) is 0 Å². The molecule has 2 N–H and O–H groups in total. The maximum atomic E-state index is 8.72. The molecule has 0 aliphatic rings. The van der Waals surface area contributed by atoms with Crippen LogP contribution < -0.4 is 0 Å². The Balaban J connectivity index is 3.11. The van der Waals surface area contributed by atoms with Crippen molar-refractivity contribution >= 4 is 11.6 Å². The standard InChI is InChI=1S/C6H11ClO3/c1-5(7)3-10-4-6(9)2-8/h6,8-9H,1-4H2. The summed E-state index contributed by atoms with van der Waals surface area (Å²) in [4.78, 5) is 0. The van der Waals surface area contributed by atoms with Gasteiger partial charge in [0.05, 0.1) is 19.8 Å². The Morgan fingerprint density at radius 1 is 1.70 bits per heavy atom. The average molecular weight is 167 g/mol. The maximum Gasteiger partial charge on any atom is 0.100 e. The van der Waals surface area contributed by atoms with Crippen LogP contribution in [0.5, 0.6) is 0 Å². The van der Waals surface area contributed by atoms with Gasteiger partial charge in [-0.15, -0.1) is 0 Å². The minimum absolute atomic E-state index is 0.0856. The zero-order valence-corrected chi connectivity index (χ0v) is 6.34. The van der Waals surface area contributed by atoms with Gasteiger partial charge in [0.25, 0.3) is 0 Å². The monoisotopic (exact) mass is 166 g/mol. The molecule has 0 aliphatic carbocycles. The Labute approximate surface area is 64.9 Å². The van der Waals surface area contributed by atoms with Gasteiger partial charge in [0, 0.05) is 5.03 Å². The topological polar surface area (TPSA) is 49.7 Å². The molecule has 0 bridgehead atoms. The summed E-state index contributed by atoms with van der Waals surface area (Å²) in [7, 11) is 0. The number of aliphatic hydroxyl groups excluding tert-OH is 2. The summed E-state index contributed by atoms with van der Waals surface area (Å²) in [6.45, 7) is 3.37. The summed E-state index contributed by atoms with van der Waals surface area (Å²) in [5, 5.41) is 17.4. The number of ether oxygens (including phenoxy) is 1. The van der Waals surface area contributed by atoms with Crippen LogP contribution in [0.1, 0.15) is 0 Å². The molecule has 0 rings (SSSR count). The lowest BCUT2D eigenvalue weighted by Crippen LogP contribution is -2.19. The van der Waals surface area contributed by atoms with E-state index >= 15 is 0 Å². The van der Waals surface area contributed by atoms with Crippen LogP contribution in [-0.4, -0.2) is 36.1 Å². The molecule has 0 aromatic heterocycles. The first-order valence-corrected chi connectivity index (χ1v) is 3.24. The van der Waals surface area contributed by atoms with Crippen LogP contribution in [0.15, 0.2) is 11.6 Å². The van der Waals surface area contributed by atoms with E-state index in [1.54, 1.807) is 0 Å². The van der Waals surface area contributed by atoms with Crippen LogP contribution in [0.2, 0.25) is 0 Å². The Hall–Kier alpha value is -0.0900. The molecule has 60 valence electrons. The summed E-state index contributed by atoms with van der Waals surface area (Å²) in [6, 6.07) is 0. The van der Waals surface area contributed by atoms with Gasteiger partial charge >= 0.3 is 0 Å². The summed E-state index contributed by atoms with van der Waals surface area (Å²) in [5.74, 6) is 0. The lowest BCUT2D eigenvalue weighted by molar-refractivity contribution is 0.0143. The largest absolute Gasteiger partial charge is 0.394 e. The predicted octanol–water partition coefficient (Wildman–Crippen LogP) is 0.109. The van der Waals surface area contributed by atoms with E-state index in [4.69, 9.17) is 26.6 Å². The van der Waals surface area contributed by atoms with Crippen molar-refractivity contribution in [2.45, 2.75) is 6.10 Å². The third-order valence-electron chi connectivity index (χ3n) is 0.780. The number of rotatable bonds is 5. The molecule has 0 saturated carbocycles. The van der Waals surface area contributed by atoms with E-state index in [2.05, 4.69) is 6.58 Å². The van der Waals surface area contributed by atoms with E-state index in [1.807, 2.05) is 0 Å². The first-order valence-electron chi connectivity index (χ1n) is 2.86. The van der Waals surface area contributed by atoms with Crippen LogP contribution in [-0.2, 0) is 4.74 Å². The Bertz CT molecular complexity index is 105. The highest BCUT2D eigenvalue weighted by Gasteiger charge is 2.00. The number of hydrogen-bond acceptors (Lipinski definition) is 3. The van der Waals surface area contributed by atoms with Crippen LogP contribution in [0.4, 0.5) is 0 Å². The normalized spacial score (nSPS) is 13.1. The van der Waals surface area contributed by atoms with Crippen LogP contribution in [0.25, 0.3) is 0 Å². The number of halogens is 1. The van der Waals surface area contributed by atoms with E-state index in [-0.39, 0.29) is 19.8 Å². The van der Waals surface area contributed by atoms with E-state index in [9.17, 15) is 0 Å². The fraction of sp³-hybridized carbons (Fsp3) is 0.667. The van der Waals surface area contributed by atoms with Gasteiger partial charge < -0.3 is 14.9 Å². The molecule has 0 aromatic carbocycles. The van der Waals surface area contributed by atoms with Crippen molar-refractivity contribution in [3.05, 3.63) is 11.6 Å². The molecule has 0 spiro atoms. The minimum Gasteiger partial charge on any atom is -0.394 e. The van der Waals surface area contributed by atoms with Gasteiger partial charge in [-0.3, -0.25) is 0 Å². The van der Waals surface area contributed by atoms with Gasteiger partial charge in [-0.1, -0.05) is 18.2 Å². The predicted molar refractivity (Wildman–Crippen MR) is 38.9 cm³/mol. The first-order chi connectivity index (χ1) is 4.66. The Morgan fingerprint density at radius 3 is 2.70 bits per heavy atom. The van der Waals surface area contributed by atoms with Crippen molar-refractivity contribution < 1.29 is 14.9 Å². The van der Waals surface area contributed by atoms with Crippen LogP contribution >= 0.6 is 11.6 Å². The molecule has 1 atom stereocenters. The molecule has 0 heterocycles. The summed E-state index contributed by atoms with van der Waals surface area (Å²) in [6.07, 6.45) is -0.823. The van der Waals surface area contributed by atoms with Crippen molar-refractivity contribution in [1.82, 2.24) is 0 Å². The molecule has 0 aromatic rings. The SMILES string of the molecule is C=C(Cl)COCC(O)CO. The number of aliphatic hydroxyl groups is 2. The molecule has 0 aliphatic heterocycles. The maximum absolute atomic E-state index is 8.72. The third kappa shape index (κ3) is 6.04. The van der Waals surface area contributed by atoms with Gasteiger partial charge in [0.1, 0.15) is 6.10 Å². The lowest BCUT2D eigenvalue weighted by atomic mass is 10.4. The zero-order valence-electron chi connectivity index (χ0n) is 5.59. The Morgan fingerprint density at radius 2 is 2.30 bits per heavy atom. The van der Waals surface area contributed by atoms with E-state index in [1.165, 1.54) is 0 Å². The third-order valence-corrected chi connectivity index (χ3v) is 0.889. The van der Waals surface area contributed by atoms with Crippen LogP contribution in [0.3, 0.4) is 0 Å². The second-order valence-electron chi connectivity index (χ2n) is 1.87. The second-order valence-corrected chi connectivity index (χ2v) is 2.40. The highest BCUT2D eigenvalue weighted by Crippen LogP contribution is 1.96. The highest BCUT2D eigenvalue weighted by atomic mass is 35.5. The molecular formula is C6H11ClO3.